The summed E-state index contributed by atoms with van der Waals surface area (Å²) in [5.41, 5.74) is 1.46. The van der Waals surface area contributed by atoms with Crippen LogP contribution < -0.4 is 16.2 Å². The van der Waals surface area contributed by atoms with Gasteiger partial charge < -0.3 is 15.2 Å². The maximum Gasteiger partial charge on any atom is 0.252 e. The molecular formula is C18H19N3O3. The molecular weight excluding hydrogens is 306 g/mol. The molecule has 0 unspecified atom stereocenters. The number of nitrogens with one attached hydrogen (secondary N) is 2. The highest BCUT2D eigenvalue weighted by atomic mass is 16.2. The third kappa shape index (κ3) is 3.53. The van der Waals surface area contributed by atoms with Crippen LogP contribution in [0, 0.1) is 0 Å². The van der Waals surface area contributed by atoms with Gasteiger partial charge in [-0.3, -0.25) is 14.4 Å². The maximum absolute atomic E-state index is 12.2. The Hall–Kier alpha value is -2.89. The SMILES string of the molecule is O=C1N[C@@H](C(=O)NCCCn2ccccc2=O)Cc2ccccc21. The predicted octanol–water partition coefficient (Wildman–Crippen LogP) is 0.709. The van der Waals surface area contributed by atoms with E-state index >= 15 is 0 Å². The minimum Gasteiger partial charge on any atom is -0.354 e. The molecule has 0 radical (unpaired) electrons. The highest BCUT2D eigenvalue weighted by Crippen LogP contribution is 2.16. The van der Waals surface area contributed by atoms with Gasteiger partial charge in [-0.25, -0.2) is 0 Å². The first kappa shape index (κ1) is 16.0. The first-order chi connectivity index (χ1) is 11.6. The van der Waals surface area contributed by atoms with Gasteiger partial charge in [-0.15, -0.1) is 0 Å². The molecule has 124 valence electrons. The van der Waals surface area contributed by atoms with Crippen molar-refractivity contribution >= 4 is 11.8 Å². The monoisotopic (exact) mass is 325 g/mol. The number of hydrogen-bond donors (Lipinski definition) is 2. The third-order valence-electron chi connectivity index (χ3n) is 4.08. The van der Waals surface area contributed by atoms with Crippen LogP contribution in [0.1, 0.15) is 22.3 Å². The molecule has 2 amide bonds. The van der Waals surface area contributed by atoms with Crippen LogP contribution in [0.25, 0.3) is 0 Å². The van der Waals surface area contributed by atoms with Crippen LogP contribution in [-0.2, 0) is 17.8 Å². The minimum absolute atomic E-state index is 0.0556. The average Bonchev–Trinajstić information content (AvgIpc) is 2.60. The quantitative estimate of drug-likeness (QED) is 0.795. The fourth-order valence-corrected chi connectivity index (χ4v) is 2.81. The summed E-state index contributed by atoms with van der Waals surface area (Å²) in [5.74, 6) is -0.411. The third-order valence-corrected chi connectivity index (χ3v) is 4.08. The fourth-order valence-electron chi connectivity index (χ4n) is 2.81. The van der Waals surface area contributed by atoms with Gasteiger partial charge in [-0.2, -0.15) is 0 Å². The molecule has 0 bridgehead atoms. The molecule has 3 rings (SSSR count). The van der Waals surface area contributed by atoms with Gasteiger partial charge in [0, 0.05) is 37.3 Å². The molecule has 0 saturated heterocycles. The Bertz CT molecular complexity index is 813. The maximum atomic E-state index is 12.2. The minimum atomic E-state index is -0.549. The van der Waals surface area contributed by atoms with Gasteiger partial charge in [0.2, 0.25) is 11.5 Å². The predicted molar refractivity (Wildman–Crippen MR) is 89.7 cm³/mol. The number of pyridine rings is 1. The Morgan fingerprint density at radius 2 is 1.96 bits per heavy atom. The zero-order valence-electron chi connectivity index (χ0n) is 13.2. The van der Waals surface area contributed by atoms with Gasteiger partial charge in [0.15, 0.2) is 0 Å². The van der Waals surface area contributed by atoms with Crippen molar-refractivity contribution < 1.29 is 9.59 Å². The number of amides is 2. The molecule has 1 atom stereocenters. The van der Waals surface area contributed by atoms with Crippen LogP contribution in [0.15, 0.2) is 53.5 Å². The molecule has 2 heterocycles. The van der Waals surface area contributed by atoms with E-state index in [1.807, 2.05) is 18.2 Å². The number of nitrogens with zero attached hydrogens (tertiary/aromatic N) is 1. The van der Waals surface area contributed by atoms with E-state index in [-0.39, 0.29) is 17.4 Å². The number of carbonyl (C=O) groups excluding carboxylic acids is 2. The van der Waals surface area contributed by atoms with E-state index in [0.29, 0.717) is 31.5 Å². The molecule has 0 spiro atoms. The summed E-state index contributed by atoms with van der Waals surface area (Å²) in [4.78, 5) is 35.8. The molecule has 0 saturated carbocycles. The van der Waals surface area contributed by atoms with Gasteiger partial charge in [0.1, 0.15) is 6.04 Å². The summed E-state index contributed by atoms with van der Waals surface area (Å²) in [7, 11) is 0. The summed E-state index contributed by atoms with van der Waals surface area (Å²) in [6.07, 6.45) is 2.86. The molecule has 6 heteroatoms. The zero-order chi connectivity index (χ0) is 16.9. The normalized spacial score (nSPS) is 16.2. The molecule has 2 aromatic rings. The summed E-state index contributed by atoms with van der Waals surface area (Å²) in [6.45, 7) is 0.994. The number of rotatable bonds is 5. The van der Waals surface area contributed by atoms with Crippen molar-refractivity contribution in [2.75, 3.05) is 6.54 Å². The van der Waals surface area contributed by atoms with Crippen LogP contribution in [0.2, 0.25) is 0 Å². The summed E-state index contributed by atoms with van der Waals surface area (Å²) in [5, 5.41) is 5.56. The van der Waals surface area contributed by atoms with Crippen molar-refractivity contribution in [1.29, 1.82) is 0 Å². The van der Waals surface area contributed by atoms with Gasteiger partial charge >= 0.3 is 0 Å². The van der Waals surface area contributed by atoms with Crippen molar-refractivity contribution in [2.24, 2.45) is 0 Å². The largest absolute Gasteiger partial charge is 0.354 e. The summed E-state index contributed by atoms with van der Waals surface area (Å²) < 4.78 is 1.60. The van der Waals surface area contributed by atoms with Crippen molar-refractivity contribution in [3.8, 4) is 0 Å². The summed E-state index contributed by atoms with van der Waals surface area (Å²) in [6, 6.07) is 11.8. The number of hydrogen-bond acceptors (Lipinski definition) is 3. The number of aryl methyl sites for hydroxylation is 1. The summed E-state index contributed by atoms with van der Waals surface area (Å²) >= 11 is 0. The molecule has 1 aromatic carbocycles. The number of aromatic nitrogens is 1. The van der Waals surface area contributed by atoms with E-state index in [2.05, 4.69) is 10.6 Å². The van der Waals surface area contributed by atoms with E-state index in [1.165, 1.54) is 6.07 Å². The van der Waals surface area contributed by atoms with Crippen LogP contribution in [0.4, 0.5) is 0 Å². The van der Waals surface area contributed by atoms with Crippen molar-refractivity contribution in [2.45, 2.75) is 25.4 Å². The number of benzene rings is 1. The van der Waals surface area contributed by atoms with E-state index < -0.39 is 6.04 Å². The van der Waals surface area contributed by atoms with E-state index in [1.54, 1.807) is 29.0 Å². The van der Waals surface area contributed by atoms with Crippen LogP contribution >= 0.6 is 0 Å². The van der Waals surface area contributed by atoms with Crippen molar-refractivity contribution in [3.05, 3.63) is 70.1 Å². The lowest BCUT2D eigenvalue weighted by Crippen LogP contribution is -2.51. The Labute approximate surface area is 139 Å². The molecule has 0 fully saturated rings. The van der Waals surface area contributed by atoms with Gasteiger partial charge in [0.25, 0.3) is 5.91 Å². The van der Waals surface area contributed by atoms with Crippen LogP contribution in [0.3, 0.4) is 0 Å². The molecule has 1 aliphatic heterocycles. The average molecular weight is 325 g/mol. The second-order valence-corrected chi connectivity index (χ2v) is 5.76. The highest BCUT2D eigenvalue weighted by molar-refractivity contribution is 6.00. The lowest BCUT2D eigenvalue weighted by atomic mass is 9.95. The van der Waals surface area contributed by atoms with Crippen LogP contribution in [-0.4, -0.2) is 29.0 Å². The van der Waals surface area contributed by atoms with E-state index in [4.69, 9.17) is 0 Å². The second kappa shape index (κ2) is 7.12. The van der Waals surface area contributed by atoms with Crippen molar-refractivity contribution in [1.82, 2.24) is 15.2 Å². The molecule has 1 aromatic heterocycles. The molecule has 2 N–H and O–H groups in total. The Morgan fingerprint density at radius 1 is 1.17 bits per heavy atom. The van der Waals surface area contributed by atoms with E-state index in [0.717, 1.165) is 5.56 Å². The van der Waals surface area contributed by atoms with E-state index in [9.17, 15) is 14.4 Å². The number of fused-ring (bicyclic) bond motifs is 1. The zero-order valence-corrected chi connectivity index (χ0v) is 13.2. The number of carbonyl (C=O) groups is 2. The standard InChI is InChI=1S/C18H19N3O3/c22-16-8-3-4-10-21(16)11-5-9-19-18(24)15-12-13-6-1-2-7-14(13)17(23)20-15/h1-4,6-8,10,15H,5,9,11-12H2,(H,19,24)(H,20,23)/t15-/m1/s1. The van der Waals surface area contributed by atoms with Gasteiger partial charge in [0.05, 0.1) is 0 Å². The molecule has 1 aliphatic rings. The van der Waals surface area contributed by atoms with Crippen molar-refractivity contribution in [3.63, 3.8) is 0 Å². The Morgan fingerprint density at radius 3 is 2.79 bits per heavy atom. The van der Waals surface area contributed by atoms with Gasteiger partial charge in [-0.05, 0) is 24.1 Å². The molecule has 24 heavy (non-hydrogen) atoms. The molecule has 0 aliphatic carbocycles. The van der Waals surface area contributed by atoms with Crippen LogP contribution in [0.5, 0.6) is 0 Å². The smallest absolute Gasteiger partial charge is 0.252 e. The van der Waals surface area contributed by atoms with Gasteiger partial charge in [-0.1, -0.05) is 24.3 Å². The Balaban J connectivity index is 1.50. The molecule has 6 nitrogen and oxygen atoms in total. The lowest BCUT2D eigenvalue weighted by Gasteiger charge is -2.24. The topological polar surface area (TPSA) is 80.2 Å². The Kier molecular flexibility index (Phi) is 4.74. The fraction of sp³-hybridized carbons (Fsp3) is 0.278. The second-order valence-electron chi connectivity index (χ2n) is 5.76. The lowest BCUT2D eigenvalue weighted by molar-refractivity contribution is -0.123. The highest BCUT2D eigenvalue weighted by Gasteiger charge is 2.28. The first-order valence-electron chi connectivity index (χ1n) is 7.97. The first-order valence-corrected chi connectivity index (χ1v) is 7.97.